The fraction of sp³-hybridized carbons (Fsp3) is 0.421. The van der Waals surface area contributed by atoms with Crippen molar-refractivity contribution in [2.45, 2.75) is 32.4 Å². The molecule has 29 heavy (non-hydrogen) atoms. The number of furan rings is 1. The van der Waals surface area contributed by atoms with Crippen LogP contribution in [0.15, 0.2) is 33.7 Å². The molecule has 1 atom stereocenters. The van der Waals surface area contributed by atoms with Gasteiger partial charge in [0.15, 0.2) is 0 Å². The number of imide groups is 1. The summed E-state index contributed by atoms with van der Waals surface area (Å²) in [5.74, 6) is -1.69. The molecule has 10 nitrogen and oxygen atoms in total. The predicted octanol–water partition coefficient (Wildman–Crippen LogP) is -0.191. The van der Waals surface area contributed by atoms with Gasteiger partial charge in [-0.15, -0.1) is 0 Å². The van der Waals surface area contributed by atoms with Crippen LogP contribution in [0, 0.1) is 5.92 Å². The van der Waals surface area contributed by atoms with Gasteiger partial charge < -0.3 is 15.1 Å². The summed E-state index contributed by atoms with van der Waals surface area (Å²) >= 11 is 0. The number of aromatic nitrogens is 2. The summed E-state index contributed by atoms with van der Waals surface area (Å²) in [6.45, 7) is 0.243. The average molecular weight is 399 g/mol. The first-order valence-corrected chi connectivity index (χ1v) is 9.52. The van der Waals surface area contributed by atoms with Gasteiger partial charge in [-0.2, -0.15) is 5.10 Å². The lowest BCUT2D eigenvalue weighted by Gasteiger charge is -2.30. The van der Waals surface area contributed by atoms with Crippen LogP contribution in [0.25, 0.3) is 0 Å². The van der Waals surface area contributed by atoms with Crippen molar-refractivity contribution in [3.8, 4) is 0 Å². The van der Waals surface area contributed by atoms with E-state index >= 15 is 0 Å². The van der Waals surface area contributed by atoms with E-state index in [1.54, 1.807) is 18.2 Å². The zero-order chi connectivity index (χ0) is 20.4. The van der Waals surface area contributed by atoms with Crippen LogP contribution in [-0.2, 0) is 35.5 Å². The molecule has 0 aromatic carbocycles. The smallest absolute Gasteiger partial charge is 0.324 e. The van der Waals surface area contributed by atoms with E-state index in [1.807, 2.05) is 0 Å². The largest absolute Gasteiger partial charge is 0.467 e. The van der Waals surface area contributed by atoms with Gasteiger partial charge in [0.05, 0.1) is 25.0 Å². The molecule has 1 saturated heterocycles. The van der Waals surface area contributed by atoms with Crippen LogP contribution in [0.5, 0.6) is 0 Å². The van der Waals surface area contributed by atoms with Crippen LogP contribution in [0.2, 0.25) is 0 Å². The Hall–Kier alpha value is -3.43. The molecule has 4 rings (SSSR count). The minimum absolute atomic E-state index is 0.0457. The lowest BCUT2D eigenvalue weighted by molar-refractivity contribution is -0.141. The number of amides is 4. The summed E-state index contributed by atoms with van der Waals surface area (Å²) in [5.41, 5.74) is 1.72. The zero-order valence-corrected chi connectivity index (χ0v) is 15.7. The van der Waals surface area contributed by atoms with Gasteiger partial charge in [-0.1, -0.05) is 0 Å². The van der Waals surface area contributed by atoms with Crippen molar-refractivity contribution in [2.75, 3.05) is 13.1 Å². The van der Waals surface area contributed by atoms with Crippen molar-refractivity contribution in [3.05, 3.63) is 51.8 Å². The van der Waals surface area contributed by atoms with Crippen molar-refractivity contribution in [3.63, 3.8) is 0 Å². The SMILES string of the molecule is O=C(NCCn1nc2c(cc1=O)CCC2)C1CNC(=O)N(Cc2ccco2)C1=O. The molecular weight excluding hydrogens is 378 g/mol. The molecule has 2 aliphatic rings. The van der Waals surface area contributed by atoms with E-state index in [9.17, 15) is 19.2 Å². The summed E-state index contributed by atoms with van der Waals surface area (Å²) in [6.07, 6.45) is 4.16. The molecule has 4 amide bonds. The Morgan fingerprint density at radius 2 is 2.17 bits per heavy atom. The van der Waals surface area contributed by atoms with Gasteiger partial charge in [0, 0.05) is 19.2 Å². The number of nitrogens with zero attached hydrogens (tertiary/aromatic N) is 3. The average Bonchev–Trinajstić information content (AvgIpc) is 3.36. The van der Waals surface area contributed by atoms with Crippen molar-refractivity contribution in [1.29, 1.82) is 0 Å². The van der Waals surface area contributed by atoms with Crippen LogP contribution in [-0.4, -0.2) is 45.6 Å². The van der Waals surface area contributed by atoms with Crippen molar-refractivity contribution < 1.29 is 18.8 Å². The molecule has 0 saturated carbocycles. The van der Waals surface area contributed by atoms with Gasteiger partial charge in [-0.3, -0.25) is 19.3 Å². The Balaban J connectivity index is 1.35. The molecule has 0 spiro atoms. The van der Waals surface area contributed by atoms with Gasteiger partial charge in [-0.05, 0) is 37.0 Å². The van der Waals surface area contributed by atoms with Gasteiger partial charge >= 0.3 is 6.03 Å². The second-order valence-electron chi connectivity index (χ2n) is 7.06. The number of aryl methyl sites for hydroxylation is 2. The minimum Gasteiger partial charge on any atom is -0.467 e. The van der Waals surface area contributed by atoms with Crippen LogP contribution in [0.3, 0.4) is 0 Å². The number of fused-ring (bicyclic) bond motifs is 1. The lowest BCUT2D eigenvalue weighted by atomic mass is 10.0. The summed E-state index contributed by atoms with van der Waals surface area (Å²) in [6, 6.07) is 4.33. The Bertz CT molecular complexity index is 997. The highest BCUT2D eigenvalue weighted by molar-refractivity contribution is 6.08. The zero-order valence-electron chi connectivity index (χ0n) is 15.7. The highest BCUT2D eigenvalue weighted by atomic mass is 16.3. The third-order valence-electron chi connectivity index (χ3n) is 5.12. The summed E-state index contributed by atoms with van der Waals surface area (Å²) in [7, 11) is 0. The van der Waals surface area contributed by atoms with Gasteiger partial charge in [0.25, 0.3) is 5.56 Å². The Kier molecular flexibility index (Phi) is 5.15. The predicted molar refractivity (Wildman–Crippen MR) is 99.7 cm³/mol. The van der Waals surface area contributed by atoms with E-state index in [-0.39, 0.29) is 31.7 Å². The number of carbonyl (C=O) groups excluding carboxylic acids is 3. The molecule has 0 radical (unpaired) electrons. The fourth-order valence-electron chi connectivity index (χ4n) is 3.58. The highest BCUT2D eigenvalue weighted by Crippen LogP contribution is 2.17. The highest BCUT2D eigenvalue weighted by Gasteiger charge is 2.38. The van der Waals surface area contributed by atoms with Gasteiger partial charge in [-0.25, -0.2) is 9.48 Å². The molecule has 1 unspecified atom stereocenters. The number of carbonyl (C=O) groups is 3. The molecule has 1 aliphatic carbocycles. The number of urea groups is 1. The van der Waals surface area contributed by atoms with Gasteiger partial charge in [0.1, 0.15) is 11.7 Å². The third-order valence-corrected chi connectivity index (χ3v) is 5.12. The molecule has 3 heterocycles. The fourth-order valence-corrected chi connectivity index (χ4v) is 3.58. The monoisotopic (exact) mass is 399 g/mol. The van der Waals surface area contributed by atoms with Crippen LogP contribution in [0.4, 0.5) is 4.79 Å². The second-order valence-corrected chi connectivity index (χ2v) is 7.06. The maximum absolute atomic E-state index is 12.6. The van der Waals surface area contributed by atoms with Crippen LogP contribution < -0.4 is 16.2 Å². The van der Waals surface area contributed by atoms with E-state index in [4.69, 9.17) is 4.42 Å². The molecule has 1 aliphatic heterocycles. The molecular formula is C19H21N5O5. The Labute approximate surface area is 165 Å². The van der Waals surface area contributed by atoms with Crippen LogP contribution >= 0.6 is 0 Å². The first kappa shape index (κ1) is 18.9. The molecule has 2 aromatic heterocycles. The lowest BCUT2D eigenvalue weighted by Crippen LogP contribution is -2.58. The molecule has 0 bridgehead atoms. The Morgan fingerprint density at radius 3 is 2.97 bits per heavy atom. The topological polar surface area (TPSA) is 127 Å². The van der Waals surface area contributed by atoms with E-state index in [1.165, 1.54) is 10.9 Å². The van der Waals surface area contributed by atoms with E-state index < -0.39 is 23.8 Å². The molecule has 152 valence electrons. The minimum atomic E-state index is -1.03. The van der Waals surface area contributed by atoms with Crippen LogP contribution in [0.1, 0.15) is 23.4 Å². The maximum Gasteiger partial charge on any atom is 0.324 e. The molecule has 2 aromatic rings. The number of nitrogens with one attached hydrogen (secondary N) is 2. The van der Waals surface area contributed by atoms with E-state index in [0.29, 0.717) is 5.76 Å². The number of hydrogen-bond donors (Lipinski definition) is 2. The first-order valence-electron chi connectivity index (χ1n) is 9.52. The normalized spacial score (nSPS) is 18.5. The van der Waals surface area contributed by atoms with Crippen molar-refractivity contribution in [2.24, 2.45) is 5.92 Å². The van der Waals surface area contributed by atoms with E-state index in [2.05, 4.69) is 15.7 Å². The van der Waals surface area contributed by atoms with Crippen molar-refractivity contribution in [1.82, 2.24) is 25.3 Å². The third kappa shape index (κ3) is 3.91. The molecule has 10 heteroatoms. The Morgan fingerprint density at radius 1 is 1.31 bits per heavy atom. The number of hydrogen-bond acceptors (Lipinski definition) is 6. The maximum atomic E-state index is 12.6. The van der Waals surface area contributed by atoms with Crippen molar-refractivity contribution >= 4 is 17.8 Å². The quantitative estimate of drug-likeness (QED) is 0.649. The summed E-state index contributed by atoms with van der Waals surface area (Å²) in [4.78, 5) is 50.2. The van der Waals surface area contributed by atoms with E-state index in [0.717, 1.165) is 35.4 Å². The summed E-state index contributed by atoms with van der Waals surface area (Å²) < 4.78 is 6.50. The summed E-state index contributed by atoms with van der Waals surface area (Å²) in [5, 5.41) is 9.56. The first-order chi connectivity index (χ1) is 14.0. The molecule has 1 fully saturated rings. The molecule has 2 N–H and O–H groups in total. The second kappa shape index (κ2) is 7.90. The van der Waals surface area contributed by atoms with Gasteiger partial charge in [0.2, 0.25) is 11.8 Å². The number of rotatable bonds is 6. The standard InChI is InChI=1S/C19H21N5O5/c25-16-9-12-3-1-5-15(12)22-24(16)7-6-20-17(26)14-10-21-19(28)23(18(14)27)11-13-4-2-8-29-13/h2,4,8-9,14H,1,3,5-7,10-11H2,(H,20,26)(H,21,28).